The number of nitrogens with zero attached hydrogens (tertiary/aromatic N) is 1. The Bertz CT molecular complexity index is 599. The summed E-state index contributed by atoms with van der Waals surface area (Å²) < 4.78 is 5.76. The predicted molar refractivity (Wildman–Crippen MR) is 80.4 cm³/mol. The second-order valence-electron chi connectivity index (χ2n) is 4.73. The zero-order valence-corrected chi connectivity index (χ0v) is 12.4. The smallest absolute Gasteiger partial charge is 0.219 e. The van der Waals surface area contributed by atoms with E-state index in [4.69, 9.17) is 16.3 Å². The van der Waals surface area contributed by atoms with E-state index in [0.29, 0.717) is 16.7 Å². The third-order valence-electron chi connectivity index (χ3n) is 2.96. The standard InChI is InChI=1S/C16H18ClNO2/c1-3-4-13-8-12(10-19)9-16(18-13)20-14-5-6-15(17)11(2)7-14/h5-9,19H,3-4,10H2,1-2H3. The molecule has 0 saturated carbocycles. The molecule has 0 bridgehead atoms. The Balaban J connectivity index is 2.27. The van der Waals surface area contributed by atoms with Crippen LogP contribution in [0.2, 0.25) is 5.02 Å². The van der Waals surface area contributed by atoms with Crippen LogP contribution in [0.5, 0.6) is 11.6 Å². The van der Waals surface area contributed by atoms with Gasteiger partial charge < -0.3 is 9.84 Å². The van der Waals surface area contributed by atoms with Crippen LogP contribution < -0.4 is 4.74 Å². The molecule has 20 heavy (non-hydrogen) atoms. The number of rotatable bonds is 5. The average molecular weight is 292 g/mol. The average Bonchev–Trinajstić information content (AvgIpc) is 2.43. The maximum Gasteiger partial charge on any atom is 0.219 e. The molecule has 106 valence electrons. The lowest BCUT2D eigenvalue weighted by Gasteiger charge is -2.09. The van der Waals surface area contributed by atoms with Gasteiger partial charge >= 0.3 is 0 Å². The van der Waals surface area contributed by atoms with E-state index < -0.39 is 0 Å². The highest BCUT2D eigenvalue weighted by atomic mass is 35.5. The van der Waals surface area contributed by atoms with Crippen LogP contribution in [0.15, 0.2) is 30.3 Å². The second-order valence-corrected chi connectivity index (χ2v) is 5.13. The van der Waals surface area contributed by atoms with E-state index in [-0.39, 0.29) is 6.61 Å². The molecule has 0 unspecified atom stereocenters. The van der Waals surface area contributed by atoms with Crippen LogP contribution in [-0.4, -0.2) is 10.1 Å². The molecule has 2 rings (SSSR count). The van der Waals surface area contributed by atoms with Crippen molar-refractivity contribution in [2.75, 3.05) is 0 Å². The molecule has 2 aromatic rings. The number of aliphatic hydroxyl groups excluding tert-OH is 1. The zero-order chi connectivity index (χ0) is 14.5. The van der Waals surface area contributed by atoms with Crippen molar-refractivity contribution in [3.05, 3.63) is 52.2 Å². The molecule has 0 aliphatic carbocycles. The van der Waals surface area contributed by atoms with Gasteiger partial charge in [-0.3, -0.25) is 0 Å². The number of aromatic nitrogens is 1. The van der Waals surface area contributed by atoms with Crippen molar-refractivity contribution in [3.8, 4) is 11.6 Å². The van der Waals surface area contributed by atoms with Gasteiger partial charge in [0.25, 0.3) is 0 Å². The summed E-state index contributed by atoms with van der Waals surface area (Å²) >= 11 is 5.99. The minimum Gasteiger partial charge on any atom is -0.439 e. The van der Waals surface area contributed by atoms with Crippen molar-refractivity contribution in [1.29, 1.82) is 0 Å². The SMILES string of the molecule is CCCc1cc(CO)cc(Oc2ccc(Cl)c(C)c2)n1. The molecular formula is C16H18ClNO2. The quantitative estimate of drug-likeness (QED) is 0.894. The molecule has 0 fully saturated rings. The molecule has 1 aromatic carbocycles. The van der Waals surface area contributed by atoms with E-state index in [1.165, 1.54) is 0 Å². The number of hydrogen-bond acceptors (Lipinski definition) is 3. The Labute approximate surface area is 124 Å². The zero-order valence-electron chi connectivity index (χ0n) is 11.7. The van der Waals surface area contributed by atoms with Gasteiger partial charge in [-0.1, -0.05) is 24.9 Å². The maximum atomic E-state index is 9.30. The Kier molecular flexibility index (Phi) is 4.99. The number of halogens is 1. The predicted octanol–water partition coefficient (Wildman–Crippen LogP) is 4.28. The van der Waals surface area contributed by atoms with E-state index >= 15 is 0 Å². The van der Waals surface area contributed by atoms with Crippen LogP contribution in [-0.2, 0) is 13.0 Å². The molecule has 0 atom stereocenters. The maximum absolute atomic E-state index is 9.30. The fourth-order valence-corrected chi connectivity index (χ4v) is 2.07. The molecular weight excluding hydrogens is 274 g/mol. The number of benzene rings is 1. The lowest BCUT2D eigenvalue weighted by molar-refractivity contribution is 0.280. The van der Waals surface area contributed by atoms with Gasteiger partial charge in [-0.15, -0.1) is 0 Å². The van der Waals surface area contributed by atoms with Crippen LogP contribution in [0.3, 0.4) is 0 Å². The molecule has 1 N–H and O–H groups in total. The van der Waals surface area contributed by atoms with Gasteiger partial charge in [0.1, 0.15) is 5.75 Å². The van der Waals surface area contributed by atoms with Crippen molar-refractivity contribution >= 4 is 11.6 Å². The van der Waals surface area contributed by atoms with Crippen LogP contribution in [0.1, 0.15) is 30.2 Å². The highest BCUT2D eigenvalue weighted by molar-refractivity contribution is 6.31. The van der Waals surface area contributed by atoms with Crippen molar-refractivity contribution in [1.82, 2.24) is 4.98 Å². The summed E-state index contributed by atoms with van der Waals surface area (Å²) in [7, 11) is 0. The van der Waals surface area contributed by atoms with Crippen molar-refractivity contribution in [2.24, 2.45) is 0 Å². The van der Waals surface area contributed by atoms with Gasteiger partial charge in [0.2, 0.25) is 5.88 Å². The summed E-state index contributed by atoms with van der Waals surface area (Å²) in [5, 5.41) is 10.0. The molecule has 4 heteroatoms. The minimum atomic E-state index is -0.0186. The summed E-state index contributed by atoms with van der Waals surface area (Å²) in [6.07, 6.45) is 1.87. The van der Waals surface area contributed by atoms with Gasteiger partial charge in [-0.2, -0.15) is 0 Å². The van der Waals surface area contributed by atoms with E-state index in [1.54, 1.807) is 12.1 Å². The molecule has 0 aliphatic heterocycles. The number of pyridine rings is 1. The largest absolute Gasteiger partial charge is 0.439 e. The lowest BCUT2D eigenvalue weighted by Crippen LogP contribution is -1.97. The van der Waals surface area contributed by atoms with Crippen LogP contribution >= 0.6 is 11.6 Å². The summed E-state index contributed by atoms with van der Waals surface area (Å²) in [5.41, 5.74) is 2.69. The van der Waals surface area contributed by atoms with E-state index in [2.05, 4.69) is 11.9 Å². The van der Waals surface area contributed by atoms with Crippen molar-refractivity contribution in [3.63, 3.8) is 0 Å². The van der Waals surface area contributed by atoms with E-state index in [0.717, 1.165) is 29.7 Å². The molecule has 0 saturated heterocycles. The van der Waals surface area contributed by atoms with Crippen LogP contribution in [0.25, 0.3) is 0 Å². The summed E-state index contributed by atoms with van der Waals surface area (Å²) in [4.78, 5) is 4.45. The fraction of sp³-hybridized carbons (Fsp3) is 0.312. The molecule has 0 radical (unpaired) electrons. The Morgan fingerprint density at radius 3 is 2.70 bits per heavy atom. The first kappa shape index (κ1) is 14.8. The van der Waals surface area contributed by atoms with Gasteiger partial charge in [0, 0.05) is 16.8 Å². The monoisotopic (exact) mass is 291 g/mol. The second kappa shape index (κ2) is 6.73. The Morgan fingerprint density at radius 2 is 2.05 bits per heavy atom. The number of aliphatic hydroxyl groups is 1. The fourth-order valence-electron chi connectivity index (χ4n) is 1.95. The van der Waals surface area contributed by atoms with Crippen LogP contribution in [0.4, 0.5) is 0 Å². The number of ether oxygens (including phenoxy) is 1. The molecule has 1 aromatic heterocycles. The Hall–Kier alpha value is -1.58. The number of aryl methyl sites for hydroxylation is 2. The first-order chi connectivity index (χ1) is 9.62. The molecule has 0 aliphatic rings. The highest BCUT2D eigenvalue weighted by Crippen LogP contribution is 2.26. The number of hydrogen-bond donors (Lipinski definition) is 1. The summed E-state index contributed by atoms with van der Waals surface area (Å²) in [5.74, 6) is 1.19. The first-order valence-corrected chi connectivity index (χ1v) is 7.05. The normalized spacial score (nSPS) is 10.6. The van der Waals surface area contributed by atoms with Gasteiger partial charge in [-0.25, -0.2) is 4.98 Å². The molecule has 3 nitrogen and oxygen atoms in total. The van der Waals surface area contributed by atoms with Crippen molar-refractivity contribution < 1.29 is 9.84 Å². The Morgan fingerprint density at radius 1 is 1.25 bits per heavy atom. The highest BCUT2D eigenvalue weighted by Gasteiger charge is 2.06. The third-order valence-corrected chi connectivity index (χ3v) is 3.38. The lowest BCUT2D eigenvalue weighted by atomic mass is 10.2. The van der Waals surface area contributed by atoms with Gasteiger partial charge in [0.05, 0.1) is 6.61 Å². The van der Waals surface area contributed by atoms with Crippen molar-refractivity contribution in [2.45, 2.75) is 33.3 Å². The van der Waals surface area contributed by atoms with E-state index in [9.17, 15) is 5.11 Å². The van der Waals surface area contributed by atoms with Gasteiger partial charge in [-0.05, 0) is 48.7 Å². The van der Waals surface area contributed by atoms with Crippen LogP contribution in [0, 0.1) is 6.92 Å². The van der Waals surface area contributed by atoms with E-state index in [1.807, 2.05) is 25.1 Å². The summed E-state index contributed by atoms with van der Waals surface area (Å²) in [6, 6.07) is 9.14. The molecule has 0 amide bonds. The topological polar surface area (TPSA) is 42.4 Å². The molecule has 1 heterocycles. The third kappa shape index (κ3) is 3.71. The first-order valence-electron chi connectivity index (χ1n) is 6.67. The van der Waals surface area contributed by atoms with Gasteiger partial charge in [0.15, 0.2) is 0 Å². The molecule has 0 spiro atoms. The minimum absolute atomic E-state index is 0.0186. The summed E-state index contributed by atoms with van der Waals surface area (Å²) in [6.45, 7) is 4.00.